The average Bonchev–Trinajstić information content (AvgIpc) is 3.38. The van der Waals surface area contributed by atoms with Gasteiger partial charge < -0.3 is 23.9 Å². The number of nitrogens with one attached hydrogen (secondary N) is 1. The maximum atomic E-state index is 12.7. The molecule has 1 amide bonds. The Labute approximate surface area is 180 Å². The summed E-state index contributed by atoms with van der Waals surface area (Å²) >= 11 is 0. The number of carbonyl (C=O) groups excluding carboxylic acids is 1. The zero-order valence-corrected chi connectivity index (χ0v) is 17.3. The largest absolute Gasteiger partial charge is 0.492 e. The van der Waals surface area contributed by atoms with E-state index in [0.717, 1.165) is 17.7 Å². The van der Waals surface area contributed by atoms with Gasteiger partial charge in [0.25, 0.3) is 5.91 Å². The van der Waals surface area contributed by atoms with Gasteiger partial charge in [-0.15, -0.1) is 0 Å². The van der Waals surface area contributed by atoms with Crippen LogP contribution >= 0.6 is 0 Å². The molecule has 1 aromatic heterocycles. The van der Waals surface area contributed by atoms with E-state index in [9.17, 15) is 4.79 Å². The zero-order valence-electron chi connectivity index (χ0n) is 17.3. The number of hydrogen-bond acceptors (Lipinski definition) is 6. The van der Waals surface area contributed by atoms with E-state index in [1.807, 2.05) is 19.9 Å². The SMILES string of the molecule is CCOc1cc2c(cc1NC(=O)c1ccc(COc3ccccc3C#N)o1)OC(C)C2. The number of carbonyl (C=O) groups is 1. The van der Waals surface area contributed by atoms with Crippen LogP contribution in [-0.4, -0.2) is 18.6 Å². The fourth-order valence-electron chi connectivity index (χ4n) is 3.41. The van der Waals surface area contributed by atoms with Crippen LogP contribution in [0.15, 0.2) is 52.9 Å². The number of amides is 1. The Kier molecular flexibility index (Phi) is 5.80. The summed E-state index contributed by atoms with van der Waals surface area (Å²) in [6.07, 6.45) is 0.898. The lowest BCUT2D eigenvalue weighted by Crippen LogP contribution is -2.12. The lowest BCUT2D eigenvalue weighted by molar-refractivity contribution is 0.0992. The Hall–Kier alpha value is -3.92. The van der Waals surface area contributed by atoms with E-state index in [1.54, 1.807) is 42.5 Å². The molecule has 1 atom stereocenters. The second-order valence-electron chi connectivity index (χ2n) is 7.14. The van der Waals surface area contributed by atoms with Crippen molar-refractivity contribution >= 4 is 11.6 Å². The zero-order chi connectivity index (χ0) is 21.8. The van der Waals surface area contributed by atoms with Gasteiger partial charge in [0.05, 0.1) is 17.9 Å². The second kappa shape index (κ2) is 8.84. The number of furan rings is 1. The topological polar surface area (TPSA) is 93.7 Å². The number of para-hydroxylation sites is 1. The molecule has 0 fully saturated rings. The summed E-state index contributed by atoms with van der Waals surface area (Å²) in [5, 5.41) is 12.0. The Morgan fingerprint density at radius 3 is 2.84 bits per heavy atom. The van der Waals surface area contributed by atoms with Gasteiger partial charge >= 0.3 is 0 Å². The molecule has 3 aromatic rings. The molecule has 0 bridgehead atoms. The second-order valence-corrected chi connectivity index (χ2v) is 7.14. The molecule has 0 radical (unpaired) electrons. The van der Waals surface area contributed by atoms with Crippen LogP contribution in [0.3, 0.4) is 0 Å². The molecule has 0 aliphatic carbocycles. The summed E-state index contributed by atoms with van der Waals surface area (Å²) in [7, 11) is 0. The van der Waals surface area contributed by atoms with E-state index in [1.165, 1.54) is 0 Å². The predicted molar refractivity (Wildman–Crippen MR) is 114 cm³/mol. The molecule has 7 nitrogen and oxygen atoms in total. The number of benzene rings is 2. The summed E-state index contributed by atoms with van der Waals surface area (Å²) in [5.41, 5.74) is 2.02. The number of fused-ring (bicyclic) bond motifs is 1. The van der Waals surface area contributed by atoms with E-state index in [2.05, 4.69) is 11.4 Å². The van der Waals surface area contributed by atoms with Crippen molar-refractivity contribution in [1.82, 2.24) is 0 Å². The summed E-state index contributed by atoms with van der Waals surface area (Å²) in [6.45, 7) is 4.46. The Morgan fingerprint density at radius 2 is 2.03 bits per heavy atom. The van der Waals surface area contributed by atoms with Crippen LogP contribution in [0.1, 0.15) is 41.3 Å². The van der Waals surface area contributed by atoms with Crippen LogP contribution in [0.5, 0.6) is 17.2 Å². The highest BCUT2D eigenvalue weighted by Crippen LogP contribution is 2.38. The number of rotatable bonds is 7. The molecule has 4 rings (SSSR count). The highest BCUT2D eigenvalue weighted by molar-refractivity contribution is 6.03. The van der Waals surface area contributed by atoms with Gasteiger partial charge in [0.15, 0.2) is 5.76 Å². The molecule has 2 heterocycles. The first-order chi connectivity index (χ1) is 15.1. The molecule has 0 saturated carbocycles. The van der Waals surface area contributed by atoms with Crippen molar-refractivity contribution < 1.29 is 23.4 Å². The van der Waals surface area contributed by atoms with Gasteiger partial charge in [-0.2, -0.15) is 5.26 Å². The van der Waals surface area contributed by atoms with Crippen molar-refractivity contribution in [2.45, 2.75) is 33.0 Å². The van der Waals surface area contributed by atoms with Crippen molar-refractivity contribution in [3.8, 4) is 23.3 Å². The van der Waals surface area contributed by atoms with Crippen LogP contribution in [0.4, 0.5) is 5.69 Å². The summed E-state index contributed by atoms with van der Waals surface area (Å²) in [6, 6.07) is 16.0. The minimum absolute atomic E-state index is 0.0919. The third-order valence-corrected chi connectivity index (χ3v) is 4.81. The van der Waals surface area contributed by atoms with Crippen LogP contribution < -0.4 is 19.5 Å². The quantitative estimate of drug-likeness (QED) is 0.597. The van der Waals surface area contributed by atoms with Crippen molar-refractivity contribution in [2.75, 3.05) is 11.9 Å². The van der Waals surface area contributed by atoms with Gasteiger partial charge in [-0.05, 0) is 44.2 Å². The highest BCUT2D eigenvalue weighted by atomic mass is 16.5. The molecule has 158 valence electrons. The molecular formula is C24H22N2O5. The van der Waals surface area contributed by atoms with Gasteiger partial charge in [-0.1, -0.05) is 12.1 Å². The van der Waals surface area contributed by atoms with Crippen molar-refractivity contribution in [1.29, 1.82) is 5.26 Å². The van der Waals surface area contributed by atoms with Crippen molar-refractivity contribution in [2.24, 2.45) is 0 Å². The van der Waals surface area contributed by atoms with Crippen molar-refractivity contribution in [3.63, 3.8) is 0 Å². The van der Waals surface area contributed by atoms with E-state index in [-0.39, 0.29) is 18.5 Å². The third kappa shape index (κ3) is 4.48. The maximum absolute atomic E-state index is 12.7. The molecule has 1 aliphatic heterocycles. The lowest BCUT2D eigenvalue weighted by Gasteiger charge is -2.13. The number of nitriles is 1. The standard InChI is InChI=1S/C24H22N2O5/c1-3-28-23-11-17-10-15(2)30-22(17)12-19(23)26-24(27)21-9-8-18(31-21)14-29-20-7-5-4-6-16(20)13-25/h4-9,11-12,15H,3,10,14H2,1-2H3,(H,26,27). The van der Waals surface area contributed by atoms with Gasteiger partial charge in [-0.3, -0.25) is 4.79 Å². The van der Waals surface area contributed by atoms with Crippen LogP contribution in [0, 0.1) is 11.3 Å². The fraction of sp³-hybridized carbons (Fsp3) is 0.250. The van der Waals surface area contributed by atoms with Gasteiger partial charge in [0.2, 0.25) is 0 Å². The molecule has 7 heteroatoms. The maximum Gasteiger partial charge on any atom is 0.291 e. The molecule has 31 heavy (non-hydrogen) atoms. The van der Waals surface area contributed by atoms with Crippen LogP contribution in [0.2, 0.25) is 0 Å². The minimum Gasteiger partial charge on any atom is -0.492 e. The summed E-state index contributed by atoms with van der Waals surface area (Å²) in [5.74, 6) is 2.00. The number of nitrogens with zero attached hydrogens (tertiary/aromatic N) is 1. The Bertz CT molecular complexity index is 1150. The first-order valence-electron chi connectivity index (χ1n) is 10.1. The average molecular weight is 418 g/mol. The van der Waals surface area contributed by atoms with Crippen molar-refractivity contribution in [3.05, 3.63) is 71.2 Å². The van der Waals surface area contributed by atoms with E-state index < -0.39 is 5.91 Å². The highest BCUT2D eigenvalue weighted by Gasteiger charge is 2.23. The smallest absolute Gasteiger partial charge is 0.291 e. The molecule has 2 aromatic carbocycles. The van der Waals surface area contributed by atoms with E-state index in [4.69, 9.17) is 23.9 Å². The Morgan fingerprint density at radius 1 is 1.19 bits per heavy atom. The Balaban J connectivity index is 1.46. The third-order valence-electron chi connectivity index (χ3n) is 4.81. The van der Waals surface area contributed by atoms with Gasteiger partial charge in [0.1, 0.15) is 41.8 Å². The van der Waals surface area contributed by atoms with E-state index in [0.29, 0.717) is 35.1 Å². The minimum atomic E-state index is -0.407. The predicted octanol–water partition coefficient (Wildman–Crippen LogP) is 4.70. The van der Waals surface area contributed by atoms with Crippen LogP contribution in [0.25, 0.3) is 0 Å². The molecule has 0 saturated heterocycles. The molecule has 1 unspecified atom stereocenters. The van der Waals surface area contributed by atoms with Gasteiger partial charge in [-0.25, -0.2) is 0 Å². The lowest BCUT2D eigenvalue weighted by atomic mass is 10.1. The fourth-order valence-corrected chi connectivity index (χ4v) is 3.41. The normalized spacial score (nSPS) is 14.3. The number of ether oxygens (including phenoxy) is 3. The first kappa shape index (κ1) is 20.4. The molecular weight excluding hydrogens is 396 g/mol. The summed E-state index contributed by atoms with van der Waals surface area (Å²) in [4.78, 5) is 12.7. The number of hydrogen-bond donors (Lipinski definition) is 1. The monoisotopic (exact) mass is 418 g/mol. The molecule has 0 spiro atoms. The number of anilines is 1. The van der Waals surface area contributed by atoms with E-state index >= 15 is 0 Å². The molecule has 1 aliphatic rings. The summed E-state index contributed by atoms with van der Waals surface area (Å²) < 4.78 is 22.8. The van der Waals surface area contributed by atoms with Crippen LogP contribution in [-0.2, 0) is 13.0 Å². The first-order valence-corrected chi connectivity index (χ1v) is 10.1. The van der Waals surface area contributed by atoms with Gasteiger partial charge in [0, 0.05) is 18.1 Å². The molecule has 1 N–H and O–H groups in total.